The smallest absolute Gasteiger partial charge is 0.329 e. The highest BCUT2D eigenvalue weighted by Crippen LogP contribution is 2.32. The maximum Gasteiger partial charge on any atom is 0.329 e. The number of likely N-dealkylation sites (N-methyl/N-ethyl adjacent to an activating group) is 1. The summed E-state index contributed by atoms with van der Waals surface area (Å²) in [5, 5.41) is 11.8. The lowest BCUT2D eigenvalue weighted by molar-refractivity contribution is -0.170. The molecule has 4 N–H and O–H groups in total. The Balaban J connectivity index is 2.30. The highest BCUT2D eigenvalue weighted by molar-refractivity contribution is 5.90. The molecule has 3 atom stereocenters. The van der Waals surface area contributed by atoms with E-state index < -0.39 is 36.2 Å². The highest BCUT2D eigenvalue weighted by Gasteiger charge is 2.33. The number of ether oxygens (including phenoxy) is 3. The van der Waals surface area contributed by atoms with Crippen LogP contribution in [0.5, 0.6) is 0 Å². The molecule has 216 valence electrons. The molecule has 0 radical (unpaired) electrons. The summed E-state index contributed by atoms with van der Waals surface area (Å²) in [6.07, 6.45) is -0.561. The van der Waals surface area contributed by atoms with Crippen LogP contribution in [0.25, 0.3) is 10.8 Å². The molecule has 0 spiro atoms. The summed E-state index contributed by atoms with van der Waals surface area (Å²) in [6.45, 7) is 8.69. The molecular weight excluding hydrogens is 502 g/mol. The van der Waals surface area contributed by atoms with Gasteiger partial charge in [0, 0.05) is 39.8 Å². The number of hydrogen-bond acceptors (Lipinski definition) is 7. The fourth-order valence-corrected chi connectivity index (χ4v) is 4.32. The van der Waals surface area contributed by atoms with Crippen LogP contribution in [0, 0.1) is 5.92 Å². The number of rotatable bonds is 16. The van der Waals surface area contributed by atoms with Crippen LogP contribution in [-0.2, 0) is 23.8 Å². The molecule has 39 heavy (non-hydrogen) atoms. The van der Waals surface area contributed by atoms with Crippen molar-refractivity contribution in [2.75, 3.05) is 47.1 Å². The molecular formula is C28H43N5O6. The molecule has 0 fully saturated rings. The average Bonchev–Trinajstić information content (AvgIpc) is 2.90. The summed E-state index contributed by atoms with van der Waals surface area (Å²) in [5.41, 5.74) is 3.44. The van der Waals surface area contributed by atoms with Gasteiger partial charge in [-0.05, 0) is 37.1 Å². The van der Waals surface area contributed by atoms with E-state index in [-0.39, 0.29) is 19.1 Å². The minimum Gasteiger partial charge on any atom is -0.382 e. The van der Waals surface area contributed by atoms with Gasteiger partial charge in [0.1, 0.15) is 6.04 Å². The van der Waals surface area contributed by atoms with Crippen molar-refractivity contribution in [3.63, 3.8) is 0 Å². The van der Waals surface area contributed by atoms with Gasteiger partial charge in [0.05, 0.1) is 19.2 Å². The normalized spacial score (nSPS) is 13.6. The molecule has 11 heteroatoms. The Hall–Kier alpha value is -3.25. The molecule has 0 saturated heterocycles. The third kappa shape index (κ3) is 9.77. The molecule has 0 bridgehead atoms. The Bertz CT molecular complexity index is 1060. The van der Waals surface area contributed by atoms with E-state index in [1.165, 1.54) is 12.1 Å². The first-order chi connectivity index (χ1) is 18.7. The topological polar surface area (TPSA) is 130 Å². The van der Waals surface area contributed by atoms with Crippen molar-refractivity contribution in [3.05, 3.63) is 48.0 Å². The van der Waals surface area contributed by atoms with E-state index in [2.05, 4.69) is 21.4 Å². The summed E-state index contributed by atoms with van der Waals surface area (Å²) in [7, 11) is 3.01. The van der Waals surface area contributed by atoms with Crippen LogP contribution < -0.4 is 21.4 Å². The van der Waals surface area contributed by atoms with Crippen LogP contribution in [0.1, 0.15) is 39.3 Å². The third-order valence-corrected chi connectivity index (χ3v) is 6.07. The first-order valence-electron chi connectivity index (χ1n) is 13.3. The quantitative estimate of drug-likeness (QED) is 0.188. The van der Waals surface area contributed by atoms with Gasteiger partial charge in [-0.3, -0.25) is 15.0 Å². The van der Waals surface area contributed by atoms with Crippen LogP contribution >= 0.6 is 0 Å². The molecule has 0 aliphatic heterocycles. The van der Waals surface area contributed by atoms with E-state index in [4.69, 9.17) is 14.2 Å². The van der Waals surface area contributed by atoms with Crippen LogP contribution in [0.4, 0.5) is 4.79 Å². The summed E-state index contributed by atoms with van der Waals surface area (Å²) >= 11 is 0. The van der Waals surface area contributed by atoms with Crippen molar-refractivity contribution in [3.8, 4) is 0 Å². The number of methoxy groups -OCH3 is 1. The second kappa shape index (κ2) is 16.7. The van der Waals surface area contributed by atoms with E-state index >= 15 is 0 Å². The Labute approximate surface area is 230 Å². The Morgan fingerprint density at radius 1 is 0.949 bits per heavy atom. The highest BCUT2D eigenvalue weighted by atomic mass is 16.7. The van der Waals surface area contributed by atoms with Gasteiger partial charge in [0.2, 0.25) is 11.8 Å². The number of hydrogen-bond donors (Lipinski definition) is 4. The fourth-order valence-electron chi connectivity index (χ4n) is 4.32. The van der Waals surface area contributed by atoms with Crippen molar-refractivity contribution in [2.24, 2.45) is 5.92 Å². The van der Waals surface area contributed by atoms with E-state index in [0.717, 1.165) is 16.3 Å². The number of fused-ring (bicyclic) bond motifs is 1. The number of carbonyl (C=O) groups excluding carboxylic acids is 3. The monoisotopic (exact) mass is 545 g/mol. The second-order valence-corrected chi connectivity index (χ2v) is 9.10. The van der Waals surface area contributed by atoms with Gasteiger partial charge in [-0.1, -0.05) is 49.4 Å². The fraction of sp³-hybridized carbons (Fsp3) is 0.536. The number of benzene rings is 2. The summed E-state index contributed by atoms with van der Waals surface area (Å²) in [6, 6.07) is 12.0. The van der Waals surface area contributed by atoms with Gasteiger partial charge in [-0.2, -0.15) is 0 Å². The van der Waals surface area contributed by atoms with E-state index in [1.54, 1.807) is 14.0 Å². The molecule has 0 aliphatic rings. The average molecular weight is 546 g/mol. The van der Waals surface area contributed by atoms with Crippen LogP contribution in [0.3, 0.4) is 0 Å². The molecule has 2 aromatic rings. The zero-order valence-corrected chi connectivity index (χ0v) is 23.8. The minimum atomic E-state index is -0.970. The predicted octanol–water partition coefficient (Wildman–Crippen LogP) is 2.33. The summed E-state index contributed by atoms with van der Waals surface area (Å²) in [4.78, 5) is 38.1. The second-order valence-electron chi connectivity index (χ2n) is 9.10. The first-order valence-corrected chi connectivity index (χ1v) is 13.3. The predicted molar refractivity (Wildman–Crippen MR) is 150 cm³/mol. The van der Waals surface area contributed by atoms with E-state index in [1.807, 2.05) is 63.2 Å². The van der Waals surface area contributed by atoms with Gasteiger partial charge < -0.3 is 30.2 Å². The van der Waals surface area contributed by atoms with Gasteiger partial charge >= 0.3 is 6.03 Å². The van der Waals surface area contributed by atoms with Crippen molar-refractivity contribution < 1.29 is 28.6 Å². The first kappa shape index (κ1) is 32.0. The molecule has 0 heterocycles. The third-order valence-electron chi connectivity index (χ3n) is 6.07. The molecule has 1 unspecified atom stereocenters. The van der Waals surface area contributed by atoms with Gasteiger partial charge in [-0.25, -0.2) is 9.80 Å². The number of amides is 4. The number of urea groups is 1. The Morgan fingerprint density at radius 2 is 1.62 bits per heavy atom. The summed E-state index contributed by atoms with van der Waals surface area (Å²) < 4.78 is 17.0. The Kier molecular flexibility index (Phi) is 13.7. The maximum absolute atomic E-state index is 13.6. The lowest BCUT2D eigenvalue weighted by Gasteiger charge is -2.33. The SMILES string of the molecule is CCNC(=O)NN(C)CC(=O)NC(COC)C(=O)N[C@H](c1cccc2ccccc12)[C@H](C)C(OCC)OCC. The lowest BCUT2D eigenvalue weighted by Crippen LogP contribution is -2.55. The van der Waals surface area contributed by atoms with Gasteiger partial charge in [0.25, 0.3) is 0 Å². The number of hydrazine groups is 1. The van der Waals surface area contributed by atoms with Crippen LogP contribution in [0.15, 0.2) is 42.5 Å². The van der Waals surface area contributed by atoms with Crippen molar-refractivity contribution in [2.45, 2.75) is 46.1 Å². The van der Waals surface area contributed by atoms with E-state index in [0.29, 0.717) is 19.8 Å². The molecule has 2 rings (SSSR count). The lowest BCUT2D eigenvalue weighted by atomic mass is 9.89. The van der Waals surface area contributed by atoms with Crippen molar-refractivity contribution >= 4 is 28.6 Å². The zero-order valence-electron chi connectivity index (χ0n) is 23.8. The number of nitrogens with one attached hydrogen (secondary N) is 4. The molecule has 0 aromatic heterocycles. The molecule has 0 aliphatic carbocycles. The van der Waals surface area contributed by atoms with E-state index in [9.17, 15) is 14.4 Å². The Morgan fingerprint density at radius 3 is 2.26 bits per heavy atom. The number of carbonyl (C=O) groups is 3. The maximum atomic E-state index is 13.6. The zero-order chi connectivity index (χ0) is 28.8. The van der Waals surface area contributed by atoms with Gasteiger partial charge in [-0.15, -0.1) is 0 Å². The minimum absolute atomic E-state index is 0.0397. The molecule has 0 saturated carbocycles. The van der Waals surface area contributed by atoms with Crippen molar-refractivity contribution in [1.29, 1.82) is 0 Å². The van der Waals surface area contributed by atoms with Gasteiger partial charge in [0.15, 0.2) is 6.29 Å². The molecule has 11 nitrogen and oxygen atoms in total. The largest absolute Gasteiger partial charge is 0.382 e. The van der Waals surface area contributed by atoms with Crippen molar-refractivity contribution in [1.82, 2.24) is 26.4 Å². The molecule has 2 aromatic carbocycles. The van der Waals surface area contributed by atoms with Crippen LogP contribution in [-0.4, -0.2) is 82.3 Å². The number of nitrogens with zero attached hydrogens (tertiary/aromatic N) is 1. The van der Waals surface area contributed by atoms with Crippen LogP contribution in [0.2, 0.25) is 0 Å². The summed E-state index contributed by atoms with van der Waals surface area (Å²) in [5.74, 6) is -1.14. The standard InChI is InChI=1S/C28H43N5O6/c1-7-29-28(36)32-33(5)17-24(34)30-23(18-37-6)26(35)31-25(19(4)27(38-8-2)39-9-3)22-16-12-14-20-13-10-11-15-21(20)22/h10-16,19,23,25,27H,7-9,17-18H2,1-6H3,(H,30,34)(H,31,35)(H2,29,32,36)/t19-,23?,25-/m0/s1. The molecule has 4 amide bonds.